The Bertz CT molecular complexity index is 1250. The number of likely N-dealkylation sites (N-methyl/N-ethyl adjacent to an activating group) is 1. The molecule has 2 aliphatic rings. The predicted molar refractivity (Wildman–Crippen MR) is 142 cm³/mol. The average molecular weight is 508 g/mol. The lowest BCUT2D eigenvalue weighted by molar-refractivity contribution is 0.0786. The van der Waals surface area contributed by atoms with E-state index in [-0.39, 0.29) is 17.5 Å². The number of carbonyl (C=O) groups is 1. The van der Waals surface area contributed by atoms with Crippen LogP contribution in [-0.4, -0.2) is 87.7 Å². The summed E-state index contributed by atoms with van der Waals surface area (Å²) in [6, 6.07) is 8.76. The number of aromatic nitrogens is 4. The lowest BCUT2D eigenvalue weighted by Gasteiger charge is -2.35. The van der Waals surface area contributed by atoms with Crippen molar-refractivity contribution in [2.24, 2.45) is 0 Å². The molecule has 0 radical (unpaired) electrons. The Kier molecular flexibility index (Phi) is 7.22. The number of halogens is 1. The van der Waals surface area contributed by atoms with Gasteiger partial charge in [0.1, 0.15) is 17.5 Å². The number of likely N-dealkylation sites (tertiary alicyclic amines) is 1. The molecule has 11 heteroatoms. The molecule has 2 aliphatic heterocycles. The van der Waals surface area contributed by atoms with Gasteiger partial charge in [-0.05, 0) is 38.4 Å². The molecule has 2 aromatic heterocycles. The van der Waals surface area contributed by atoms with E-state index in [2.05, 4.69) is 37.6 Å². The van der Waals surface area contributed by atoms with Crippen LogP contribution in [0.15, 0.2) is 30.3 Å². The van der Waals surface area contributed by atoms with Gasteiger partial charge >= 0.3 is 0 Å². The van der Waals surface area contributed by atoms with Crippen molar-refractivity contribution in [1.29, 1.82) is 0 Å². The van der Waals surface area contributed by atoms with Gasteiger partial charge in [-0.15, -0.1) is 0 Å². The highest BCUT2D eigenvalue weighted by atomic mass is 19.1. The smallest absolute Gasteiger partial charge is 0.256 e. The third-order valence-electron chi connectivity index (χ3n) is 7.05. The summed E-state index contributed by atoms with van der Waals surface area (Å²) >= 11 is 0. The Hall–Kier alpha value is -3.73. The van der Waals surface area contributed by atoms with Gasteiger partial charge in [-0.1, -0.05) is 19.1 Å². The van der Waals surface area contributed by atoms with Gasteiger partial charge in [0.25, 0.3) is 5.91 Å². The Labute approximate surface area is 216 Å². The first kappa shape index (κ1) is 24.9. The number of H-pyrrole nitrogens is 1. The van der Waals surface area contributed by atoms with Gasteiger partial charge in [-0.3, -0.25) is 9.89 Å². The maximum atomic E-state index is 14.5. The molecule has 5 rings (SSSR count). The number of rotatable bonds is 7. The van der Waals surface area contributed by atoms with Gasteiger partial charge in [0.2, 0.25) is 5.95 Å². The average Bonchev–Trinajstić information content (AvgIpc) is 3.54. The van der Waals surface area contributed by atoms with Crippen LogP contribution in [-0.2, 0) is 0 Å². The van der Waals surface area contributed by atoms with Crippen molar-refractivity contribution >= 4 is 29.3 Å². The van der Waals surface area contributed by atoms with E-state index in [1.807, 2.05) is 19.1 Å². The summed E-state index contributed by atoms with van der Waals surface area (Å²) in [4.78, 5) is 28.9. The van der Waals surface area contributed by atoms with Crippen molar-refractivity contribution in [1.82, 2.24) is 30.0 Å². The topological polar surface area (TPSA) is 105 Å². The van der Waals surface area contributed by atoms with Crippen LogP contribution in [0.2, 0.25) is 0 Å². The zero-order valence-corrected chi connectivity index (χ0v) is 21.6. The number of amides is 1. The molecule has 1 amide bonds. The zero-order chi connectivity index (χ0) is 25.9. The highest BCUT2D eigenvalue weighted by molar-refractivity contribution is 5.95. The highest BCUT2D eigenvalue weighted by Gasteiger charge is 2.29. The molecule has 1 atom stereocenters. The Balaban J connectivity index is 1.32. The van der Waals surface area contributed by atoms with Crippen molar-refractivity contribution < 1.29 is 9.18 Å². The summed E-state index contributed by atoms with van der Waals surface area (Å²) in [6.45, 7) is 11.6. The minimum atomic E-state index is -0.451. The molecule has 4 heterocycles. The van der Waals surface area contributed by atoms with E-state index in [1.54, 1.807) is 30.0 Å². The third kappa shape index (κ3) is 5.66. The van der Waals surface area contributed by atoms with Gasteiger partial charge in [0.05, 0.1) is 5.56 Å². The quantitative estimate of drug-likeness (QED) is 0.448. The summed E-state index contributed by atoms with van der Waals surface area (Å²) in [6.07, 6.45) is 0.725. The molecule has 0 aliphatic carbocycles. The van der Waals surface area contributed by atoms with Crippen LogP contribution in [0.4, 0.5) is 27.8 Å². The van der Waals surface area contributed by atoms with Crippen LogP contribution in [0.3, 0.4) is 0 Å². The van der Waals surface area contributed by atoms with E-state index >= 15 is 0 Å². The number of hydrogen-bond donors (Lipinski definition) is 3. The van der Waals surface area contributed by atoms with Crippen LogP contribution in [0.1, 0.15) is 35.0 Å². The minimum Gasteiger partial charge on any atom is -0.354 e. The van der Waals surface area contributed by atoms with E-state index in [1.165, 1.54) is 0 Å². The number of aromatic amines is 1. The number of piperazine rings is 1. The standard InChI is InChI=1S/C26H34FN9O/c1-4-34-10-12-35(13-11-34)23-15-21(29-22-14-18(3)32-33-22)30-26(31-23)28-19-8-9-36(16-19)25(37)20-7-5-6-17(2)24(20)27/h5-7,14-15,19H,4,8-13,16H2,1-3H3,(H3,28,29,30,31,32,33)/t19-/m0/s1. The summed E-state index contributed by atoms with van der Waals surface area (Å²) in [5.74, 6) is 1.92. The third-order valence-corrected chi connectivity index (χ3v) is 7.05. The molecule has 3 N–H and O–H groups in total. The fourth-order valence-electron chi connectivity index (χ4n) is 4.86. The lowest BCUT2D eigenvalue weighted by atomic mass is 10.1. The summed E-state index contributed by atoms with van der Waals surface area (Å²) in [5, 5.41) is 13.9. The second kappa shape index (κ2) is 10.7. The van der Waals surface area contributed by atoms with Gasteiger partial charge in [-0.25, -0.2) is 4.39 Å². The molecule has 2 saturated heterocycles. The maximum Gasteiger partial charge on any atom is 0.256 e. The molecule has 37 heavy (non-hydrogen) atoms. The van der Waals surface area contributed by atoms with E-state index in [0.29, 0.717) is 36.2 Å². The Morgan fingerprint density at radius 1 is 1.11 bits per heavy atom. The molecule has 3 aromatic rings. The normalized spacial score (nSPS) is 18.3. The van der Waals surface area contributed by atoms with Gasteiger partial charge in [0, 0.05) is 63.1 Å². The van der Waals surface area contributed by atoms with Crippen LogP contribution < -0.4 is 15.5 Å². The molecule has 10 nitrogen and oxygen atoms in total. The van der Waals surface area contributed by atoms with Crippen molar-refractivity contribution in [3.8, 4) is 0 Å². The monoisotopic (exact) mass is 507 g/mol. The molecular formula is C26H34FN9O. The molecule has 2 fully saturated rings. The zero-order valence-electron chi connectivity index (χ0n) is 21.6. The molecule has 0 saturated carbocycles. The number of nitrogens with zero attached hydrogens (tertiary/aromatic N) is 6. The minimum absolute atomic E-state index is 0.0375. The number of carbonyl (C=O) groups excluding carboxylic acids is 1. The lowest BCUT2D eigenvalue weighted by Crippen LogP contribution is -2.46. The van der Waals surface area contributed by atoms with Gasteiger partial charge in [-0.2, -0.15) is 15.1 Å². The Morgan fingerprint density at radius 2 is 1.92 bits per heavy atom. The van der Waals surface area contributed by atoms with Crippen molar-refractivity contribution in [3.63, 3.8) is 0 Å². The largest absolute Gasteiger partial charge is 0.354 e. The molecular weight excluding hydrogens is 473 g/mol. The summed E-state index contributed by atoms with van der Waals surface area (Å²) < 4.78 is 14.5. The molecule has 0 bridgehead atoms. The molecule has 196 valence electrons. The number of nitrogens with one attached hydrogen (secondary N) is 3. The molecule has 0 spiro atoms. The summed E-state index contributed by atoms with van der Waals surface area (Å²) in [5.41, 5.74) is 1.54. The van der Waals surface area contributed by atoms with E-state index in [0.717, 1.165) is 50.7 Å². The second-order valence-electron chi connectivity index (χ2n) is 9.74. The van der Waals surface area contributed by atoms with Crippen molar-refractivity contribution in [3.05, 3.63) is 53.0 Å². The predicted octanol–water partition coefficient (Wildman–Crippen LogP) is 3.17. The second-order valence-corrected chi connectivity index (χ2v) is 9.74. The fourth-order valence-corrected chi connectivity index (χ4v) is 4.86. The number of hydrogen-bond acceptors (Lipinski definition) is 8. The van der Waals surface area contributed by atoms with E-state index in [4.69, 9.17) is 9.97 Å². The highest BCUT2D eigenvalue weighted by Crippen LogP contribution is 2.24. The van der Waals surface area contributed by atoms with Crippen LogP contribution in [0.5, 0.6) is 0 Å². The number of anilines is 4. The number of benzene rings is 1. The van der Waals surface area contributed by atoms with Gasteiger partial charge < -0.3 is 25.3 Å². The van der Waals surface area contributed by atoms with Crippen LogP contribution in [0, 0.1) is 19.7 Å². The summed E-state index contributed by atoms with van der Waals surface area (Å²) in [7, 11) is 0. The molecule has 1 aromatic carbocycles. The van der Waals surface area contributed by atoms with Crippen LogP contribution >= 0.6 is 0 Å². The van der Waals surface area contributed by atoms with Crippen molar-refractivity contribution in [2.45, 2.75) is 33.2 Å². The van der Waals surface area contributed by atoms with E-state index in [9.17, 15) is 9.18 Å². The Morgan fingerprint density at radius 3 is 2.65 bits per heavy atom. The van der Waals surface area contributed by atoms with Gasteiger partial charge in [0.15, 0.2) is 5.82 Å². The van der Waals surface area contributed by atoms with Crippen LogP contribution in [0.25, 0.3) is 0 Å². The number of aryl methyl sites for hydroxylation is 2. The van der Waals surface area contributed by atoms with Crippen molar-refractivity contribution in [2.75, 3.05) is 61.3 Å². The molecule has 0 unspecified atom stereocenters. The first-order valence-electron chi connectivity index (χ1n) is 12.9. The fraction of sp³-hybridized carbons (Fsp3) is 0.462. The van der Waals surface area contributed by atoms with E-state index < -0.39 is 5.82 Å². The first-order valence-corrected chi connectivity index (χ1v) is 12.9. The SMILES string of the molecule is CCN1CCN(c2cc(Nc3cc(C)[nH]n3)nc(N[C@H]3CCN(C(=O)c4cccc(C)c4F)C3)n2)CC1. The maximum absolute atomic E-state index is 14.5. The first-order chi connectivity index (χ1) is 17.9.